The summed E-state index contributed by atoms with van der Waals surface area (Å²) in [5.41, 5.74) is 0.495. The molecule has 1 aromatic carbocycles. The van der Waals surface area contributed by atoms with E-state index in [1.807, 2.05) is 0 Å². The number of pyridine rings is 1. The summed E-state index contributed by atoms with van der Waals surface area (Å²) in [6.45, 7) is 0.579. The van der Waals surface area contributed by atoms with Gasteiger partial charge in [0.25, 0.3) is 0 Å². The van der Waals surface area contributed by atoms with Crippen molar-refractivity contribution in [3.05, 3.63) is 52.6 Å². The molecule has 0 atom stereocenters. The number of hydrogen-bond donors (Lipinski definition) is 1. The maximum Gasteiger partial charge on any atom is 0.202 e. The second kappa shape index (κ2) is 7.72. The van der Waals surface area contributed by atoms with Gasteiger partial charge in [-0.2, -0.15) is 0 Å². The zero-order valence-electron chi connectivity index (χ0n) is 14.1. The molecular weight excluding hydrogens is 363 g/mol. The van der Waals surface area contributed by atoms with Crippen molar-refractivity contribution in [1.29, 1.82) is 0 Å². The van der Waals surface area contributed by atoms with E-state index in [1.165, 1.54) is 32.7 Å². The predicted molar refractivity (Wildman–Crippen MR) is 94.9 cm³/mol. The van der Waals surface area contributed by atoms with Crippen LogP contribution in [0.15, 0.2) is 30.6 Å². The SMILES string of the molecule is COCCOc1ccc(F)c(C(=O)c2c[nH]c3ncc(Cl)cc23)c1OC. The molecule has 3 aromatic rings. The molecule has 0 saturated carbocycles. The normalized spacial score (nSPS) is 10.9. The lowest BCUT2D eigenvalue weighted by Crippen LogP contribution is -2.10. The van der Waals surface area contributed by atoms with Crippen LogP contribution in [0.25, 0.3) is 11.0 Å². The van der Waals surface area contributed by atoms with E-state index in [-0.39, 0.29) is 29.2 Å². The van der Waals surface area contributed by atoms with E-state index in [4.69, 9.17) is 25.8 Å². The van der Waals surface area contributed by atoms with Gasteiger partial charge in [0.2, 0.25) is 5.78 Å². The molecule has 2 heterocycles. The number of benzene rings is 1. The molecule has 0 radical (unpaired) electrons. The van der Waals surface area contributed by atoms with Crippen LogP contribution in [0.3, 0.4) is 0 Å². The number of ether oxygens (including phenoxy) is 3. The quantitative estimate of drug-likeness (QED) is 0.502. The first-order valence-electron chi connectivity index (χ1n) is 7.72. The Labute approximate surface area is 153 Å². The van der Waals surface area contributed by atoms with E-state index >= 15 is 0 Å². The van der Waals surface area contributed by atoms with Crippen LogP contribution >= 0.6 is 11.6 Å². The largest absolute Gasteiger partial charge is 0.492 e. The molecule has 0 aliphatic rings. The molecule has 3 rings (SSSR count). The number of ketones is 1. The fraction of sp³-hybridized carbons (Fsp3) is 0.222. The molecule has 1 N–H and O–H groups in total. The van der Waals surface area contributed by atoms with E-state index in [0.29, 0.717) is 22.7 Å². The van der Waals surface area contributed by atoms with Crippen LogP contribution in [0.1, 0.15) is 15.9 Å². The number of methoxy groups -OCH3 is 2. The Morgan fingerprint density at radius 3 is 2.85 bits per heavy atom. The summed E-state index contributed by atoms with van der Waals surface area (Å²) in [6, 6.07) is 4.17. The average molecular weight is 379 g/mol. The highest BCUT2D eigenvalue weighted by atomic mass is 35.5. The van der Waals surface area contributed by atoms with Gasteiger partial charge in [-0.05, 0) is 18.2 Å². The van der Waals surface area contributed by atoms with Crippen molar-refractivity contribution in [2.75, 3.05) is 27.4 Å². The van der Waals surface area contributed by atoms with Crippen LogP contribution in [-0.2, 0) is 4.74 Å². The monoisotopic (exact) mass is 378 g/mol. The molecule has 0 saturated heterocycles. The topological polar surface area (TPSA) is 73.4 Å². The van der Waals surface area contributed by atoms with E-state index < -0.39 is 11.6 Å². The second-order valence-electron chi connectivity index (χ2n) is 5.38. The Balaban J connectivity index is 2.07. The van der Waals surface area contributed by atoms with Gasteiger partial charge in [-0.15, -0.1) is 0 Å². The first-order chi connectivity index (χ1) is 12.6. The fourth-order valence-electron chi connectivity index (χ4n) is 2.60. The van der Waals surface area contributed by atoms with Crippen molar-refractivity contribution >= 4 is 28.4 Å². The smallest absolute Gasteiger partial charge is 0.202 e. The number of H-pyrrole nitrogens is 1. The third kappa shape index (κ3) is 3.36. The van der Waals surface area contributed by atoms with E-state index in [9.17, 15) is 9.18 Å². The molecule has 136 valence electrons. The lowest BCUT2D eigenvalue weighted by Gasteiger charge is -2.14. The summed E-state index contributed by atoms with van der Waals surface area (Å²) >= 11 is 5.97. The van der Waals surface area contributed by atoms with Gasteiger partial charge in [-0.1, -0.05) is 11.6 Å². The number of aromatic amines is 1. The number of halogens is 2. The van der Waals surface area contributed by atoms with Gasteiger partial charge in [0, 0.05) is 30.5 Å². The first kappa shape index (κ1) is 18.2. The molecule has 2 aromatic heterocycles. The van der Waals surface area contributed by atoms with Gasteiger partial charge < -0.3 is 19.2 Å². The minimum absolute atomic E-state index is 0.0236. The van der Waals surface area contributed by atoms with Crippen molar-refractivity contribution in [3.8, 4) is 11.5 Å². The molecule has 0 fully saturated rings. The Morgan fingerprint density at radius 1 is 1.31 bits per heavy atom. The van der Waals surface area contributed by atoms with Gasteiger partial charge in [0.1, 0.15) is 23.6 Å². The number of hydrogen-bond acceptors (Lipinski definition) is 5. The second-order valence-corrected chi connectivity index (χ2v) is 5.81. The number of rotatable bonds is 7. The lowest BCUT2D eigenvalue weighted by atomic mass is 10.0. The lowest BCUT2D eigenvalue weighted by molar-refractivity contribution is 0.103. The zero-order valence-corrected chi connectivity index (χ0v) is 14.9. The molecule has 0 aliphatic carbocycles. The van der Waals surface area contributed by atoms with Gasteiger partial charge >= 0.3 is 0 Å². The highest BCUT2D eigenvalue weighted by molar-refractivity contribution is 6.31. The fourth-order valence-corrected chi connectivity index (χ4v) is 2.76. The Bertz CT molecular complexity index is 958. The Kier molecular flexibility index (Phi) is 5.39. The van der Waals surface area contributed by atoms with Crippen LogP contribution in [0.5, 0.6) is 11.5 Å². The number of nitrogens with one attached hydrogen (secondary N) is 1. The number of fused-ring (bicyclic) bond motifs is 1. The Hall–Kier alpha value is -2.64. The van der Waals surface area contributed by atoms with E-state index in [0.717, 1.165) is 6.07 Å². The summed E-state index contributed by atoms with van der Waals surface area (Å²) in [7, 11) is 2.89. The maximum atomic E-state index is 14.5. The summed E-state index contributed by atoms with van der Waals surface area (Å²) in [6.07, 6.45) is 2.92. The van der Waals surface area contributed by atoms with Crippen LogP contribution in [0, 0.1) is 5.82 Å². The highest BCUT2D eigenvalue weighted by Crippen LogP contribution is 2.35. The third-order valence-electron chi connectivity index (χ3n) is 3.79. The average Bonchev–Trinajstić information content (AvgIpc) is 3.05. The molecule has 0 amide bonds. The van der Waals surface area contributed by atoms with Crippen molar-refractivity contribution in [1.82, 2.24) is 9.97 Å². The number of carbonyl (C=O) groups excluding carboxylic acids is 1. The van der Waals surface area contributed by atoms with Crippen LogP contribution in [0.4, 0.5) is 4.39 Å². The van der Waals surface area contributed by atoms with Gasteiger partial charge in [-0.3, -0.25) is 4.79 Å². The molecule has 8 heteroatoms. The summed E-state index contributed by atoms with van der Waals surface area (Å²) in [4.78, 5) is 20.0. The molecule has 26 heavy (non-hydrogen) atoms. The maximum absolute atomic E-state index is 14.5. The minimum atomic E-state index is -0.713. The minimum Gasteiger partial charge on any atom is -0.492 e. The third-order valence-corrected chi connectivity index (χ3v) is 4.00. The van der Waals surface area contributed by atoms with Gasteiger partial charge in [0.05, 0.1) is 18.7 Å². The summed E-state index contributed by atoms with van der Waals surface area (Å²) in [5, 5.41) is 0.866. The highest BCUT2D eigenvalue weighted by Gasteiger charge is 2.25. The molecule has 0 bridgehead atoms. The summed E-state index contributed by atoms with van der Waals surface area (Å²) < 4.78 is 30.2. The van der Waals surface area contributed by atoms with Gasteiger partial charge in [0.15, 0.2) is 11.5 Å². The van der Waals surface area contributed by atoms with Crippen molar-refractivity contribution < 1.29 is 23.4 Å². The summed E-state index contributed by atoms with van der Waals surface area (Å²) in [5.74, 6) is -0.997. The first-order valence-corrected chi connectivity index (χ1v) is 8.10. The van der Waals surface area contributed by atoms with Crippen LogP contribution < -0.4 is 9.47 Å². The standard InChI is InChI=1S/C18H16ClFN2O4/c1-24-5-6-26-14-4-3-13(20)15(17(14)25-2)16(23)12-9-22-18-11(12)7-10(19)8-21-18/h3-4,7-9H,5-6H2,1-2H3,(H,21,22). The van der Waals surface area contributed by atoms with Crippen molar-refractivity contribution in [2.24, 2.45) is 0 Å². The predicted octanol–water partition coefficient (Wildman–Crippen LogP) is 3.62. The van der Waals surface area contributed by atoms with Crippen molar-refractivity contribution in [3.63, 3.8) is 0 Å². The molecule has 0 spiro atoms. The molecular formula is C18H16ClFN2O4. The Morgan fingerprint density at radius 2 is 2.12 bits per heavy atom. The van der Waals surface area contributed by atoms with Crippen molar-refractivity contribution in [2.45, 2.75) is 0 Å². The van der Waals surface area contributed by atoms with E-state index in [1.54, 1.807) is 6.07 Å². The van der Waals surface area contributed by atoms with Crippen LogP contribution in [-0.4, -0.2) is 43.2 Å². The molecule has 0 aliphatic heterocycles. The molecule has 6 nitrogen and oxygen atoms in total. The number of nitrogens with zero attached hydrogens (tertiary/aromatic N) is 1. The van der Waals surface area contributed by atoms with Crippen LogP contribution in [0.2, 0.25) is 5.02 Å². The molecule has 0 unspecified atom stereocenters. The number of carbonyl (C=O) groups is 1. The number of aromatic nitrogens is 2. The van der Waals surface area contributed by atoms with Gasteiger partial charge in [-0.25, -0.2) is 9.37 Å². The zero-order chi connectivity index (χ0) is 18.7. The van der Waals surface area contributed by atoms with E-state index in [2.05, 4.69) is 9.97 Å².